The number of pyridine rings is 1. The van der Waals surface area contributed by atoms with Gasteiger partial charge in [0.15, 0.2) is 0 Å². The zero-order valence-corrected chi connectivity index (χ0v) is 17.3. The van der Waals surface area contributed by atoms with Crippen molar-refractivity contribution in [1.29, 1.82) is 5.26 Å². The Balaban J connectivity index is 1.37. The maximum atomic E-state index is 12.7. The quantitative estimate of drug-likeness (QED) is 0.589. The smallest absolute Gasteiger partial charge is 0.233 e. The van der Waals surface area contributed by atoms with Crippen LogP contribution in [0.5, 0.6) is 0 Å². The van der Waals surface area contributed by atoms with Gasteiger partial charge in [-0.15, -0.1) is 11.8 Å². The van der Waals surface area contributed by atoms with Crippen molar-refractivity contribution in [2.45, 2.75) is 4.90 Å². The summed E-state index contributed by atoms with van der Waals surface area (Å²) < 4.78 is 0. The first-order chi connectivity index (χ1) is 14.2. The normalized spacial score (nSPS) is 14.1. The minimum absolute atomic E-state index is 0.123. The van der Waals surface area contributed by atoms with Crippen molar-refractivity contribution >= 4 is 45.9 Å². The monoisotopic (exact) mass is 422 g/mol. The van der Waals surface area contributed by atoms with Crippen LogP contribution in [-0.4, -0.2) is 47.7 Å². The number of hydrogen-bond acceptors (Lipinski definition) is 5. The van der Waals surface area contributed by atoms with E-state index < -0.39 is 0 Å². The van der Waals surface area contributed by atoms with Crippen molar-refractivity contribution in [1.82, 2.24) is 9.88 Å². The maximum absolute atomic E-state index is 12.7. The van der Waals surface area contributed by atoms with Gasteiger partial charge in [-0.3, -0.25) is 4.79 Å². The number of amides is 1. The van der Waals surface area contributed by atoms with E-state index in [0.29, 0.717) is 42.5 Å². The second-order valence-electron chi connectivity index (χ2n) is 6.77. The first-order valence-corrected chi connectivity index (χ1v) is 10.7. The van der Waals surface area contributed by atoms with Crippen LogP contribution in [0.15, 0.2) is 59.6 Å². The van der Waals surface area contributed by atoms with Crippen molar-refractivity contribution in [3.05, 3.63) is 65.3 Å². The maximum Gasteiger partial charge on any atom is 0.233 e. The number of aromatic nitrogens is 1. The molecule has 0 spiro atoms. The Labute approximate surface area is 178 Å². The predicted octanol–water partition coefficient (Wildman–Crippen LogP) is 4.20. The summed E-state index contributed by atoms with van der Waals surface area (Å²) in [4.78, 5) is 22.1. The number of benzene rings is 2. The largest absolute Gasteiger partial charge is 0.353 e. The van der Waals surface area contributed by atoms with Crippen LogP contribution in [0.1, 0.15) is 5.56 Å². The van der Waals surface area contributed by atoms with E-state index in [-0.39, 0.29) is 5.91 Å². The highest BCUT2D eigenvalue weighted by Crippen LogP contribution is 2.33. The number of carbonyl (C=O) groups is 1. The number of fused-ring (bicyclic) bond motifs is 1. The number of rotatable bonds is 4. The highest BCUT2D eigenvalue weighted by Gasteiger charge is 2.22. The molecule has 2 heterocycles. The van der Waals surface area contributed by atoms with Crippen LogP contribution in [0, 0.1) is 11.3 Å². The van der Waals surface area contributed by atoms with Crippen LogP contribution in [0.2, 0.25) is 5.02 Å². The lowest BCUT2D eigenvalue weighted by atomic mass is 10.1. The molecule has 146 valence electrons. The molecule has 5 nitrogen and oxygen atoms in total. The molecule has 1 aliphatic heterocycles. The average Bonchev–Trinajstić information content (AvgIpc) is 2.77. The number of thioether (sulfide) groups is 1. The molecule has 3 aromatic rings. The summed E-state index contributed by atoms with van der Waals surface area (Å²) in [6.07, 6.45) is 1.65. The molecule has 2 aromatic carbocycles. The Morgan fingerprint density at radius 2 is 1.90 bits per heavy atom. The van der Waals surface area contributed by atoms with E-state index in [1.807, 2.05) is 41.3 Å². The summed E-state index contributed by atoms with van der Waals surface area (Å²) in [7, 11) is 0. The Morgan fingerprint density at radius 1 is 1.14 bits per heavy atom. The summed E-state index contributed by atoms with van der Waals surface area (Å²) in [6, 6.07) is 17.5. The van der Waals surface area contributed by atoms with Gasteiger partial charge in [-0.1, -0.05) is 35.9 Å². The Bertz CT molecular complexity index is 1080. The molecule has 7 heteroatoms. The molecule has 0 aliphatic carbocycles. The summed E-state index contributed by atoms with van der Waals surface area (Å²) in [5, 5.41) is 11.8. The molecule has 1 aromatic heterocycles. The molecule has 1 amide bonds. The second-order valence-corrected chi connectivity index (χ2v) is 8.19. The van der Waals surface area contributed by atoms with Crippen molar-refractivity contribution in [3.8, 4) is 6.07 Å². The van der Waals surface area contributed by atoms with Gasteiger partial charge in [-0.05, 0) is 29.7 Å². The average molecular weight is 423 g/mol. The van der Waals surface area contributed by atoms with Gasteiger partial charge in [0.1, 0.15) is 5.82 Å². The lowest BCUT2D eigenvalue weighted by molar-refractivity contribution is -0.128. The van der Waals surface area contributed by atoms with Gasteiger partial charge >= 0.3 is 0 Å². The number of nitriles is 1. The first kappa shape index (κ1) is 19.6. The third-order valence-corrected chi connectivity index (χ3v) is 6.36. The summed E-state index contributed by atoms with van der Waals surface area (Å²) in [6.45, 7) is 2.71. The van der Waals surface area contributed by atoms with E-state index in [1.165, 1.54) is 11.8 Å². The fraction of sp³-hybridized carbons (Fsp3) is 0.227. The van der Waals surface area contributed by atoms with Crippen LogP contribution >= 0.6 is 23.4 Å². The topological polar surface area (TPSA) is 60.2 Å². The summed E-state index contributed by atoms with van der Waals surface area (Å²) >= 11 is 7.91. The van der Waals surface area contributed by atoms with E-state index in [9.17, 15) is 4.79 Å². The standard InChI is InChI=1S/C22H19ClN4OS/c23-18-5-1-3-17-4-2-6-19(22(17)18)29-15-21(28)27-11-9-26(10-12-27)20-13-16(14-24)7-8-25-20/h1-8,13H,9-12,15H2. The molecule has 1 saturated heterocycles. The number of halogens is 1. The van der Waals surface area contributed by atoms with E-state index in [2.05, 4.69) is 16.0 Å². The van der Waals surface area contributed by atoms with Crippen LogP contribution < -0.4 is 4.90 Å². The lowest BCUT2D eigenvalue weighted by Gasteiger charge is -2.35. The fourth-order valence-corrected chi connectivity index (χ4v) is 4.81. The van der Waals surface area contributed by atoms with Crippen LogP contribution in [-0.2, 0) is 4.79 Å². The van der Waals surface area contributed by atoms with Gasteiger partial charge in [0, 0.05) is 47.7 Å². The zero-order valence-electron chi connectivity index (χ0n) is 15.7. The Morgan fingerprint density at radius 3 is 2.66 bits per heavy atom. The van der Waals surface area contributed by atoms with Crippen molar-refractivity contribution in [2.24, 2.45) is 0 Å². The van der Waals surface area contributed by atoms with Gasteiger partial charge in [0.05, 0.1) is 17.4 Å². The molecule has 1 aliphatic rings. The van der Waals surface area contributed by atoms with Gasteiger partial charge in [-0.25, -0.2) is 4.98 Å². The third-order valence-electron chi connectivity index (χ3n) is 5.00. The Hall–Kier alpha value is -2.75. The van der Waals surface area contributed by atoms with Crippen molar-refractivity contribution in [3.63, 3.8) is 0 Å². The molecule has 0 radical (unpaired) electrons. The number of anilines is 1. The molecular formula is C22H19ClN4OS. The lowest BCUT2D eigenvalue weighted by Crippen LogP contribution is -2.49. The predicted molar refractivity (Wildman–Crippen MR) is 117 cm³/mol. The summed E-state index contributed by atoms with van der Waals surface area (Å²) in [5.74, 6) is 1.29. The van der Waals surface area contributed by atoms with E-state index in [1.54, 1.807) is 18.3 Å². The van der Waals surface area contributed by atoms with E-state index >= 15 is 0 Å². The SMILES string of the molecule is N#Cc1ccnc(N2CCN(C(=O)CSc3cccc4cccc(Cl)c34)CC2)c1. The first-order valence-electron chi connectivity index (χ1n) is 9.34. The van der Waals surface area contributed by atoms with E-state index in [4.69, 9.17) is 16.9 Å². The van der Waals surface area contributed by atoms with Crippen LogP contribution in [0.4, 0.5) is 5.82 Å². The molecular weight excluding hydrogens is 404 g/mol. The molecule has 1 fully saturated rings. The van der Waals surface area contributed by atoms with Crippen LogP contribution in [0.25, 0.3) is 10.8 Å². The van der Waals surface area contributed by atoms with Gasteiger partial charge < -0.3 is 9.80 Å². The fourth-order valence-electron chi connectivity index (χ4n) is 3.46. The number of piperazine rings is 1. The number of hydrogen-bond donors (Lipinski definition) is 0. The highest BCUT2D eigenvalue weighted by molar-refractivity contribution is 8.00. The Kier molecular flexibility index (Phi) is 5.89. The minimum atomic E-state index is 0.123. The molecule has 4 rings (SSSR count). The molecule has 0 N–H and O–H groups in total. The van der Waals surface area contributed by atoms with Gasteiger partial charge in [0.2, 0.25) is 5.91 Å². The summed E-state index contributed by atoms with van der Waals surface area (Å²) in [5.41, 5.74) is 0.596. The minimum Gasteiger partial charge on any atom is -0.353 e. The number of nitrogens with zero attached hydrogens (tertiary/aromatic N) is 4. The van der Waals surface area contributed by atoms with Gasteiger partial charge in [-0.2, -0.15) is 5.26 Å². The molecule has 0 bridgehead atoms. The second kappa shape index (κ2) is 8.73. The molecule has 0 unspecified atom stereocenters. The van der Waals surface area contributed by atoms with Crippen LogP contribution in [0.3, 0.4) is 0 Å². The zero-order chi connectivity index (χ0) is 20.2. The third kappa shape index (κ3) is 4.31. The highest BCUT2D eigenvalue weighted by atomic mass is 35.5. The molecule has 0 atom stereocenters. The van der Waals surface area contributed by atoms with E-state index in [0.717, 1.165) is 21.5 Å². The number of carbonyl (C=O) groups excluding carboxylic acids is 1. The van der Waals surface area contributed by atoms with Crippen molar-refractivity contribution < 1.29 is 4.79 Å². The molecule has 0 saturated carbocycles. The van der Waals surface area contributed by atoms with Gasteiger partial charge in [0.25, 0.3) is 0 Å². The molecule has 29 heavy (non-hydrogen) atoms. The van der Waals surface area contributed by atoms with Crippen molar-refractivity contribution in [2.75, 3.05) is 36.8 Å².